The Morgan fingerprint density at radius 1 is 1.24 bits per heavy atom. The van der Waals surface area contributed by atoms with Crippen molar-refractivity contribution in [3.63, 3.8) is 0 Å². The summed E-state index contributed by atoms with van der Waals surface area (Å²) in [5.74, 6) is -0.661. The Labute approximate surface area is 148 Å². The van der Waals surface area contributed by atoms with E-state index in [9.17, 15) is 14.4 Å². The summed E-state index contributed by atoms with van der Waals surface area (Å²) in [6.07, 6.45) is 3.28. The van der Waals surface area contributed by atoms with E-state index in [-0.39, 0.29) is 18.4 Å². The van der Waals surface area contributed by atoms with Crippen molar-refractivity contribution in [3.05, 3.63) is 35.4 Å². The van der Waals surface area contributed by atoms with Crippen molar-refractivity contribution >= 4 is 17.8 Å². The number of fused-ring (bicyclic) bond motifs is 2. The zero-order valence-electron chi connectivity index (χ0n) is 15.0. The van der Waals surface area contributed by atoms with Crippen molar-refractivity contribution in [2.75, 3.05) is 6.54 Å². The van der Waals surface area contributed by atoms with Crippen LogP contribution >= 0.6 is 0 Å². The fraction of sp³-hybridized carbons (Fsp3) is 0.526. The molecular formula is C19H25N3O3. The molecule has 0 aromatic heterocycles. The van der Waals surface area contributed by atoms with Gasteiger partial charge in [-0.2, -0.15) is 0 Å². The molecule has 134 valence electrons. The third kappa shape index (κ3) is 3.25. The van der Waals surface area contributed by atoms with Gasteiger partial charge >= 0.3 is 6.03 Å². The van der Waals surface area contributed by atoms with Gasteiger partial charge in [0.05, 0.1) is 0 Å². The lowest BCUT2D eigenvalue weighted by molar-refractivity contribution is -0.135. The second-order valence-electron chi connectivity index (χ2n) is 7.89. The molecule has 3 rings (SSSR count). The lowest BCUT2D eigenvalue weighted by Gasteiger charge is -2.27. The number of hydrogen-bond donors (Lipinski definition) is 2. The van der Waals surface area contributed by atoms with E-state index in [4.69, 9.17) is 0 Å². The predicted molar refractivity (Wildman–Crippen MR) is 93.8 cm³/mol. The smallest absolute Gasteiger partial charge is 0.325 e. The zero-order chi connectivity index (χ0) is 18.2. The van der Waals surface area contributed by atoms with Crippen LogP contribution in [0.2, 0.25) is 0 Å². The summed E-state index contributed by atoms with van der Waals surface area (Å²) in [4.78, 5) is 38.9. The molecule has 1 aromatic rings. The Bertz CT molecular complexity index is 723. The number of benzene rings is 1. The van der Waals surface area contributed by atoms with Gasteiger partial charge in [0.1, 0.15) is 12.1 Å². The highest BCUT2D eigenvalue weighted by Crippen LogP contribution is 2.38. The van der Waals surface area contributed by atoms with Gasteiger partial charge in [0.25, 0.3) is 5.91 Å². The normalized spacial score (nSPS) is 23.2. The molecule has 1 saturated heterocycles. The molecule has 6 nitrogen and oxygen atoms in total. The van der Waals surface area contributed by atoms with E-state index in [1.165, 1.54) is 0 Å². The van der Waals surface area contributed by atoms with E-state index in [0.717, 1.165) is 35.3 Å². The summed E-state index contributed by atoms with van der Waals surface area (Å²) in [7, 11) is 0. The average molecular weight is 343 g/mol. The molecule has 1 aliphatic heterocycles. The van der Waals surface area contributed by atoms with Gasteiger partial charge in [-0.3, -0.25) is 14.5 Å². The Morgan fingerprint density at radius 2 is 1.96 bits per heavy atom. The first-order valence-electron chi connectivity index (χ1n) is 8.76. The summed E-state index contributed by atoms with van der Waals surface area (Å²) < 4.78 is 0. The van der Waals surface area contributed by atoms with Crippen molar-refractivity contribution in [1.29, 1.82) is 0 Å². The maximum absolute atomic E-state index is 13.2. The number of rotatable bonds is 2. The number of carbonyl (C=O) groups excluding carboxylic acids is 3. The second kappa shape index (κ2) is 6.17. The molecule has 1 atom stereocenters. The molecule has 6 heteroatoms. The van der Waals surface area contributed by atoms with Crippen molar-refractivity contribution < 1.29 is 14.4 Å². The standard InChI is InChI=1S/C19H25N3O3/c1-18(2,3)20-15(23)12-22-16(24)19(21-17(22)25)11-7-6-9-13-8-4-5-10-14(13)19/h4-5,8,10H,6-7,9,11-12H2,1-3H3,(H,20,23)(H,21,25)/t19-/m1/s1. The Kier molecular flexibility index (Phi) is 4.31. The van der Waals surface area contributed by atoms with Crippen molar-refractivity contribution in [2.45, 2.75) is 57.5 Å². The highest BCUT2D eigenvalue weighted by Gasteiger charge is 2.53. The molecule has 0 unspecified atom stereocenters. The van der Waals surface area contributed by atoms with Crippen LogP contribution in [0.3, 0.4) is 0 Å². The quantitative estimate of drug-likeness (QED) is 0.807. The molecule has 1 fully saturated rings. The second-order valence-corrected chi connectivity index (χ2v) is 7.89. The number of urea groups is 1. The minimum Gasteiger partial charge on any atom is -0.350 e. The summed E-state index contributed by atoms with van der Waals surface area (Å²) in [5, 5.41) is 5.69. The summed E-state index contributed by atoms with van der Waals surface area (Å²) in [6, 6.07) is 7.27. The number of aryl methyl sites for hydroxylation is 1. The van der Waals surface area contributed by atoms with Crippen molar-refractivity contribution in [3.8, 4) is 0 Å². The highest BCUT2D eigenvalue weighted by atomic mass is 16.2. The van der Waals surface area contributed by atoms with Crippen LogP contribution in [0, 0.1) is 0 Å². The van der Waals surface area contributed by atoms with Gasteiger partial charge in [0, 0.05) is 5.54 Å². The number of nitrogens with zero attached hydrogens (tertiary/aromatic N) is 1. The molecule has 0 radical (unpaired) electrons. The summed E-state index contributed by atoms with van der Waals surface area (Å²) >= 11 is 0. The van der Waals surface area contributed by atoms with Crippen LogP contribution in [0.5, 0.6) is 0 Å². The van der Waals surface area contributed by atoms with E-state index >= 15 is 0 Å². The van der Waals surface area contributed by atoms with Gasteiger partial charge in [-0.15, -0.1) is 0 Å². The number of nitrogens with one attached hydrogen (secondary N) is 2. The van der Waals surface area contributed by atoms with Crippen LogP contribution in [0.15, 0.2) is 24.3 Å². The van der Waals surface area contributed by atoms with Crippen LogP contribution in [0.25, 0.3) is 0 Å². The molecule has 1 heterocycles. The first kappa shape index (κ1) is 17.5. The number of carbonyl (C=O) groups is 3. The molecule has 4 amide bonds. The molecule has 1 spiro atoms. The predicted octanol–water partition coefficient (Wildman–Crippen LogP) is 2.07. The molecule has 2 N–H and O–H groups in total. The lowest BCUT2D eigenvalue weighted by atomic mass is 9.84. The number of imide groups is 1. The fourth-order valence-electron chi connectivity index (χ4n) is 3.72. The average Bonchev–Trinajstić information content (AvgIpc) is 2.68. The van der Waals surface area contributed by atoms with Gasteiger partial charge in [0.2, 0.25) is 5.91 Å². The largest absolute Gasteiger partial charge is 0.350 e. The van der Waals surface area contributed by atoms with Gasteiger partial charge in [0.15, 0.2) is 0 Å². The van der Waals surface area contributed by atoms with Crippen LogP contribution in [0.4, 0.5) is 4.79 Å². The van der Waals surface area contributed by atoms with Gasteiger partial charge < -0.3 is 10.6 Å². The van der Waals surface area contributed by atoms with Crippen LogP contribution < -0.4 is 10.6 Å². The Morgan fingerprint density at radius 3 is 2.68 bits per heavy atom. The lowest BCUT2D eigenvalue weighted by Crippen LogP contribution is -2.48. The number of hydrogen-bond acceptors (Lipinski definition) is 3. The molecule has 0 saturated carbocycles. The SMILES string of the molecule is CC(C)(C)NC(=O)CN1C(=O)N[C@@]2(CCCCc3ccccc32)C1=O. The van der Waals surface area contributed by atoms with Crippen LogP contribution in [-0.2, 0) is 21.5 Å². The first-order valence-corrected chi connectivity index (χ1v) is 8.76. The van der Waals surface area contributed by atoms with E-state index < -0.39 is 17.1 Å². The third-order valence-corrected chi connectivity index (χ3v) is 4.72. The maximum Gasteiger partial charge on any atom is 0.325 e. The molecule has 1 aliphatic carbocycles. The molecule has 2 aliphatic rings. The van der Waals surface area contributed by atoms with Gasteiger partial charge in [-0.05, 0) is 57.6 Å². The van der Waals surface area contributed by atoms with Gasteiger partial charge in [-0.25, -0.2) is 4.79 Å². The first-order chi connectivity index (χ1) is 11.7. The van der Waals surface area contributed by atoms with Gasteiger partial charge in [-0.1, -0.05) is 24.3 Å². The minimum absolute atomic E-state index is 0.258. The van der Waals surface area contributed by atoms with Crippen molar-refractivity contribution in [2.24, 2.45) is 0 Å². The fourth-order valence-corrected chi connectivity index (χ4v) is 3.72. The van der Waals surface area contributed by atoms with Crippen LogP contribution in [-0.4, -0.2) is 34.8 Å². The Balaban J connectivity index is 1.90. The summed E-state index contributed by atoms with van der Waals surface area (Å²) in [5.41, 5.74) is 0.508. The maximum atomic E-state index is 13.2. The summed E-state index contributed by atoms with van der Waals surface area (Å²) in [6.45, 7) is 5.32. The third-order valence-electron chi connectivity index (χ3n) is 4.72. The van der Waals surface area contributed by atoms with Crippen LogP contribution in [0.1, 0.15) is 51.2 Å². The number of amides is 4. The van der Waals surface area contributed by atoms with E-state index in [2.05, 4.69) is 10.6 Å². The molecule has 0 bridgehead atoms. The molecule has 1 aromatic carbocycles. The highest BCUT2D eigenvalue weighted by molar-refractivity contribution is 6.09. The topological polar surface area (TPSA) is 78.5 Å². The Hall–Kier alpha value is -2.37. The monoisotopic (exact) mass is 343 g/mol. The molecule has 25 heavy (non-hydrogen) atoms. The van der Waals surface area contributed by atoms with E-state index in [0.29, 0.717) is 6.42 Å². The zero-order valence-corrected chi connectivity index (χ0v) is 15.0. The van der Waals surface area contributed by atoms with E-state index in [1.807, 2.05) is 45.0 Å². The van der Waals surface area contributed by atoms with Crippen molar-refractivity contribution in [1.82, 2.24) is 15.5 Å². The minimum atomic E-state index is -1.04. The molecular weight excluding hydrogens is 318 g/mol. The van der Waals surface area contributed by atoms with E-state index in [1.54, 1.807) is 0 Å².